The van der Waals surface area contributed by atoms with Gasteiger partial charge in [-0.1, -0.05) is 12.1 Å². The van der Waals surface area contributed by atoms with Crippen LogP contribution >= 0.6 is 0 Å². The smallest absolute Gasteiger partial charge is 0.340 e. The molecule has 2 aromatic heterocycles. The number of fused-ring (bicyclic) bond motifs is 1. The summed E-state index contributed by atoms with van der Waals surface area (Å²) in [6, 6.07) is 9.48. The van der Waals surface area contributed by atoms with Crippen molar-refractivity contribution in [1.82, 2.24) is 14.8 Å². The van der Waals surface area contributed by atoms with Crippen molar-refractivity contribution in [3.8, 4) is 0 Å². The second-order valence-electron chi connectivity index (χ2n) is 5.12. The largest absolute Gasteiger partial charge is 0.465 e. The zero-order valence-corrected chi connectivity index (χ0v) is 13.5. The molecule has 0 saturated carbocycles. The Balaban J connectivity index is 2.01. The van der Waals surface area contributed by atoms with Gasteiger partial charge >= 0.3 is 5.97 Å². The Morgan fingerprint density at radius 3 is 2.88 bits per heavy atom. The third-order valence-electron chi connectivity index (χ3n) is 3.64. The SMILES string of the molecule is COCCn1nc(Nc2cnccc2C(=O)OC)c2ccccc21. The fourth-order valence-electron chi connectivity index (χ4n) is 2.48. The lowest BCUT2D eigenvalue weighted by atomic mass is 10.2. The molecule has 7 nitrogen and oxygen atoms in total. The zero-order chi connectivity index (χ0) is 16.9. The lowest BCUT2D eigenvalue weighted by molar-refractivity contribution is 0.0602. The number of carbonyl (C=O) groups is 1. The summed E-state index contributed by atoms with van der Waals surface area (Å²) in [6.45, 7) is 1.20. The molecule has 0 saturated heterocycles. The van der Waals surface area contributed by atoms with Crippen LogP contribution in [0.3, 0.4) is 0 Å². The summed E-state index contributed by atoms with van der Waals surface area (Å²) in [5.74, 6) is 0.225. The van der Waals surface area contributed by atoms with Gasteiger partial charge in [-0.25, -0.2) is 4.79 Å². The van der Waals surface area contributed by atoms with Crippen molar-refractivity contribution in [1.29, 1.82) is 0 Å². The number of nitrogens with zero attached hydrogens (tertiary/aromatic N) is 3. The van der Waals surface area contributed by atoms with Gasteiger partial charge in [0.1, 0.15) is 0 Å². The minimum Gasteiger partial charge on any atom is -0.465 e. The van der Waals surface area contributed by atoms with Gasteiger partial charge in [0.15, 0.2) is 5.82 Å². The number of pyridine rings is 1. The molecule has 0 spiro atoms. The van der Waals surface area contributed by atoms with Gasteiger partial charge < -0.3 is 14.8 Å². The Morgan fingerprint density at radius 2 is 2.08 bits per heavy atom. The summed E-state index contributed by atoms with van der Waals surface area (Å²) in [6.07, 6.45) is 3.13. The number of para-hydroxylation sites is 1. The number of esters is 1. The van der Waals surface area contributed by atoms with Crippen LogP contribution in [-0.4, -0.2) is 41.6 Å². The van der Waals surface area contributed by atoms with Crippen LogP contribution in [0.5, 0.6) is 0 Å². The molecule has 124 valence electrons. The third-order valence-corrected chi connectivity index (χ3v) is 3.64. The van der Waals surface area contributed by atoms with Crippen LogP contribution in [0.25, 0.3) is 10.9 Å². The van der Waals surface area contributed by atoms with E-state index < -0.39 is 5.97 Å². The topological polar surface area (TPSA) is 78.3 Å². The number of hydrogen-bond acceptors (Lipinski definition) is 6. The molecule has 0 aliphatic heterocycles. The van der Waals surface area contributed by atoms with Crippen LogP contribution in [0.15, 0.2) is 42.7 Å². The first kappa shape index (κ1) is 15.9. The van der Waals surface area contributed by atoms with Gasteiger partial charge in [0.2, 0.25) is 0 Å². The molecular weight excluding hydrogens is 308 g/mol. The Labute approximate surface area is 139 Å². The van der Waals surface area contributed by atoms with Crippen LogP contribution < -0.4 is 5.32 Å². The Kier molecular flexibility index (Phi) is 4.72. The Hall–Kier alpha value is -2.93. The van der Waals surface area contributed by atoms with Gasteiger partial charge in [0.05, 0.1) is 43.2 Å². The van der Waals surface area contributed by atoms with E-state index in [2.05, 4.69) is 15.4 Å². The predicted molar refractivity (Wildman–Crippen MR) is 90.5 cm³/mol. The number of aromatic nitrogens is 3. The number of ether oxygens (including phenoxy) is 2. The van der Waals surface area contributed by atoms with Crippen LogP contribution in [-0.2, 0) is 16.0 Å². The molecule has 2 heterocycles. The molecule has 0 atom stereocenters. The molecule has 3 rings (SSSR count). The first-order valence-corrected chi connectivity index (χ1v) is 7.48. The molecule has 0 amide bonds. The fourth-order valence-corrected chi connectivity index (χ4v) is 2.48. The minimum atomic E-state index is -0.428. The Bertz CT molecular complexity index is 860. The minimum absolute atomic E-state index is 0.406. The highest BCUT2D eigenvalue weighted by Crippen LogP contribution is 2.27. The molecule has 0 aliphatic carbocycles. The Morgan fingerprint density at radius 1 is 1.25 bits per heavy atom. The molecular formula is C17H18N4O3. The highest BCUT2D eigenvalue weighted by molar-refractivity contribution is 5.98. The second kappa shape index (κ2) is 7.10. The van der Waals surface area contributed by atoms with E-state index in [1.54, 1.807) is 25.6 Å². The van der Waals surface area contributed by atoms with E-state index in [1.807, 2.05) is 28.9 Å². The lowest BCUT2D eigenvalue weighted by Gasteiger charge is -2.08. The first-order valence-electron chi connectivity index (χ1n) is 7.48. The van der Waals surface area contributed by atoms with Crippen molar-refractivity contribution in [2.24, 2.45) is 0 Å². The quantitative estimate of drug-likeness (QED) is 0.702. The standard InChI is InChI=1S/C17H18N4O3/c1-23-10-9-21-15-6-4-3-5-13(15)16(20-21)19-14-11-18-8-7-12(14)17(22)24-2/h3-8,11H,9-10H2,1-2H3,(H,19,20). The molecule has 0 radical (unpaired) electrons. The van der Waals surface area contributed by atoms with Gasteiger partial charge in [-0.3, -0.25) is 9.67 Å². The van der Waals surface area contributed by atoms with E-state index in [1.165, 1.54) is 7.11 Å². The van der Waals surface area contributed by atoms with Gasteiger partial charge in [-0.15, -0.1) is 0 Å². The first-order chi connectivity index (χ1) is 11.7. The van der Waals surface area contributed by atoms with E-state index in [0.29, 0.717) is 30.2 Å². The third kappa shape index (κ3) is 3.07. The molecule has 0 fully saturated rings. The van der Waals surface area contributed by atoms with Crippen molar-refractivity contribution < 1.29 is 14.3 Å². The molecule has 0 aliphatic rings. The van der Waals surface area contributed by atoms with E-state index in [9.17, 15) is 4.79 Å². The van der Waals surface area contributed by atoms with Crippen molar-refractivity contribution in [3.63, 3.8) is 0 Å². The van der Waals surface area contributed by atoms with Crippen molar-refractivity contribution in [2.45, 2.75) is 6.54 Å². The van der Waals surface area contributed by atoms with Crippen molar-refractivity contribution in [2.75, 3.05) is 26.1 Å². The van der Waals surface area contributed by atoms with Crippen LogP contribution in [0.2, 0.25) is 0 Å². The summed E-state index contributed by atoms with van der Waals surface area (Å²) in [7, 11) is 3.00. The second-order valence-corrected chi connectivity index (χ2v) is 5.12. The number of benzene rings is 1. The van der Waals surface area contributed by atoms with Crippen molar-refractivity contribution >= 4 is 28.4 Å². The number of anilines is 2. The predicted octanol–water partition coefficient (Wildman–Crippen LogP) is 2.61. The maximum absolute atomic E-state index is 11.9. The van der Waals surface area contributed by atoms with Crippen LogP contribution in [0.4, 0.5) is 11.5 Å². The van der Waals surface area contributed by atoms with E-state index in [0.717, 1.165) is 10.9 Å². The molecule has 0 unspecified atom stereocenters. The summed E-state index contributed by atoms with van der Waals surface area (Å²) in [5, 5.41) is 8.74. The van der Waals surface area contributed by atoms with Crippen LogP contribution in [0, 0.1) is 0 Å². The van der Waals surface area contributed by atoms with E-state index in [-0.39, 0.29) is 0 Å². The summed E-state index contributed by atoms with van der Waals surface area (Å²) < 4.78 is 11.8. The van der Waals surface area contributed by atoms with Gasteiger partial charge in [0, 0.05) is 18.7 Å². The molecule has 1 aromatic carbocycles. The summed E-state index contributed by atoms with van der Waals surface area (Å²) >= 11 is 0. The summed E-state index contributed by atoms with van der Waals surface area (Å²) in [5.41, 5.74) is 1.94. The number of hydrogen-bond donors (Lipinski definition) is 1. The summed E-state index contributed by atoms with van der Waals surface area (Å²) in [4.78, 5) is 16.0. The zero-order valence-electron chi connectivity index (χ0n) is 13.5. The fraction of sp³-hybridized carbons (Fsp3) is 0.235. The van der Waals surface area contributed by atoms with Gasteiger partial charge in [-0.05, 0) is 18.2 Å². The maximum atomic E-state index is 11.9. The van der Waals surface area contributed by atoms with Gasteiger partial charge in [0.25, 0.3) is 0 Å². The molecule has 0 bridgehead atoms. The molecule has 1 N–H and O–H groups in total. The molecule has 7 heteroatoms. The van der Waals surface area contributed by atoms with E-state index in [4.69, 9.17) is 9.47 Å². The van der Waals surface area contributed by atoms with Crippen molar-refractivity contribution in [3.05, 3.63) is 48.3 Å². The normalized spacial score (nSPS) is 10.8. The monoisotopic (exact) mass is 326 g/mol. The number of methoxy groups -OCH3 is 2. The van der Waals surface area contributed by atoms with Gasteiger partial charge in [-0.2, -0.15) is 5.10 Å². The molecule has 3 aromatic rings. The highest BCUT2D eigenvalue weighted by atomic mass is 16.5. The average molecular weight is 326 g/mol. The maximum Gasteiger partial charge on any atom is 0.340 e. The average Bonchev–Trinajstić information content (AvgIpc) is 2.97. The number of nitrogens with one attached hydrogen (secondary N) is 1. The van der Waals surface area contributed by atoms with Crippen LogP contribution in [0.1, 0.15) is 10.4 Å². The number of carbonyl (C=O) groups excluding carboxylic acids is 1. The highest BCUT2D eigenvalue weighted by Gasteiger charge is 2.15. The molecule has 24 heavy (non-hydrogen) atoms. The number of rotatable bonds is 6. The van der Waals surface area contributed by atoms with E-state index >= 15 is 0 Å². The lowest BCUT2D eigenvalue weighted by Crippen LogP contribution is -2.08.